The van der Waals surface area contributed by atoms with Crippen molar-refractivity contribution in [2.75, 3.05) is 17.2 Å². The number of anilines is 2. The lowest BCUT2D eigenvalue weighted by Crippen LogP contribution is -2.34. The van der Waals surface area contributed by atoms with E-state index in [0.29, 0.717) is 23.6 Å². The van der Waals surface area contributed by atoms with Crippen LogP contribution in [0.1, 0.15) is 34.3 Å². The second-order valence-electron chi connectivity index (χ2n) is 8.31. The third kappa shape index (κ3) is 6.65. The number of ether oxygens (including phenoxy) is 1. The van der Waals surface area contributed by atoms with Gasteiger partial charge in [0.05, 0.1) is 6.61 Å². The average Bonchev–Trinajstić information content (AvgIpc) is 3.68. The van der Waals surface area contributed by atoms with Crippen molar-refractivity contribution >= 4 is 40.5 Å². The standard InChI is InChI=1S/C27H27N3O3S/c1-18-10-13-22(17-24(18)29-25(31)20-11-12-20)28-27(34)30-26(32)21-8-5-9-23(16-21)33-15-14-19-6-3-2-4-7-19/h2-10,13,16-17,20H,11-12,14-15H2,1H3,(H,29,31)(H2,28,30,32,34). The van der Waals surface area contributed by atoms with Crippen LogP contribution in [0.25, 0.3) is 0 Å². The van der Waals surface area contributed by atoms with Crippen LogP contribution in [0.15, 0.2) is 72.8 Å². The van der Waals surface area contributed by atoms with Gasteiger partial charge in [0.25, 0.3) is 5.91 Å². The molecule has 1 aliphatic rings. The van der Waals surface area contributed by atoms with Gasteiger partial charge >= 0.3 is 0 Å². The highest BCUT2D eigenvalue weighted by Crippen LogP contribution is 2.31. The minimum atomic E-state index is -0.333. The van der Waals surface area contributed by atoms with Gasteiger partial charge in [0, 0.05) is 29.3 Å². The molecule has 1 fully saturated rings. The molecule has 34 heavy (non-hydrogen) atoms. The van der Waals surface area contributed by atoms with Gasteiger partial charge in [0.1, 0.15) is 5.75 Å². The Balaban J connectivity index is 1.30. The Kier molecular flexibility index (Phi) is 7.54. The fourth-order valence-electron chi connectivity index (χ4n) is 3.41. The topological polar surface area (TPSA) is 79.5 Å². The van der Waals surface area contributed by atoms with E-state index < -0.39 is 0 Å². The number of amides is 2. The first-order valence-corrected chi connectivity index (χ1v) is 11.7. The van der Waals surface area contributed by atoms with Crippen LogP contribution in [-0.4, -0.2) is 23.5 Å². The Bertz CT molecular complexity index is 1190. The molecule has 0 unspecified atom stereocenters. The molecule has 0 atom stereocenters. The number of rotatable bonds is 8. The van der Waals surface area contributed by atoms with Crippen molar-refractivity contribution in [2.45, 2.75) is 26.2 Å². The van der Waals surface area contributed by atoms with Crippen LogP contribution in [0.5, 0.6) is 5.75 Å². The van der Waals surface area contributed by atoms with E-state index in [4.69, 9.17) is 17.0 Å². The molecule has 0 bridgehead atoms. The molecule has 0 saturated heterocycles. The van der Waals surface area contributed by atoms with E-state index in [1.54, 1.807) is 18.2 Å². The molecule has 7 heteroatoms. The lowest BCUT2D eigenvalue weighted by Gasteiger charge is -2.13. The van der Waals surface area contributed by atoms with Gasteiger partial charge in [0.2, 0.25) is 5.91 Å². The lowest BCUT2D eigenvalue weighted by atomic mass is 10.1. The largest absolute Gasteiger partial charge is 0.493 e. The first-order chi connectivity index (χ1) is 16.5. The Morgan fingerprint density at radius 3 is 2.53 bits per heavy atom. The molecule has 2 amide bonds. The number of thiocarbonyl (C=S) groups is 1. The quantitative estimate of drug-likeness (QED) is 0.397. The molecule has 3 aromatic carbocycles. The fraction of sp³-hybridized carbons (Fsp3) is 0.222. The van der Waals surface area contributed by atoms with Crippen molar-refractivity contribution in [1.82, 2.24) is 5.32 Å². The van der Waals surface area contributed by atoms with Crippen molar-refractivity contribution in [3.05, 3.63) is 89.5 Å². The number of hydrogen-bond donors (Lipinski definition) is 3. The number of carbonyl (C=O) groups is 2. The third-order valence-corrected chi connectivity index (χ3v) is 5.73. The summed E-state index contributed by atoms with van der Waals surface area (Å²) in [6.45, 7) is 2.45. The van der Waals surface area contributed by atoms with Crippen LogP contribution in [0.4, 0.5) is 11.4 Å². The van der Waals surface area contributed by atoms with E-state index in [1.807, 2.05) is 49.4 Å². The summed E-state index contributed by atoms with van der Waals surface area (Å²) in [7, 11) is 0. The Morgan fingerprint density at radius 1 is 0.971 bits per heavy atom. The normalized spacial score (nSPS) is 12.5. The third-order valence-electron chi connectivity index (χ3n) is 5.53. The molecule has 0 spiro atoms. The molecule has 3 N–H and O–H groups in total. The van der Waals surface area contributed by atoms with Crippen molar-refractivity contribution in [2.24, 2.45) is 5.92 Å². The monoisotopic (exact) mass is 473 g/mol. The van der Waals surface area contributed by atoms with Crippen molar-refractivity contribution in [3.63, 3.8) is 0 Å². The van der Waals surface area contributed by atoms with Crippen molar-refractivity contribution in [1.29, 1.82) is 0 Å². The van der Waals surface area contributed by atoms with Gasteiger partial charge in [-0.2, -0.15) is 0 Å². The number of hydrogen-bond acceptors (Lipinski definition) is 4. The minimum absolute atomic E-state index is 0.0435. The second-order valence-corrected chi connectivity index (χ2v) is 8.72. The molecule has 0 radical (unpaired) electrons. The molecule has 1 aliphatic carbocycles. The van der Waals surface area contributed by atoms with Crippen molar-refractivity contribution < 1.29 is 14.3 Å². The molecular weight excluding hydrogens is 446 g/mol. The minimum Gasteiger partial charge on any atom is -0.493 e. The molecular formula is C27H27N3O3S. The van der Waals surface area contributed by atoms with Crippen LogP contribution in [-0.2, 0) is 11.2 Å². The highest BCUT2D eigenvalue weighted by atomic mass is 32.1. The predicted octanol–water partition coefficient (Wildman–Crippen LogP) is 5.09. The Labute approximate surface area is 204 Å². The molecule has 4 rings (SSSR count). The van der Waals surface area contributed by atoms with Crippen LogP contribution in [0.2, 0.25) is 0 Å². The first-order valence-electron chi connectivity index (χ1n) is 11.3. The number of aryl methyl sites for hydroxylation is 1. The van der Waals surface area contributed by atoms with E-state index in [1.165, 1.54) is 5.56 Å². The molecule has 1 saturated carbocycles. The Morgan fingerprint density at radius 2 is 1.76 bits per heavy atom. The summed E-state index contributed by atoms with van der Waals surface area (Å²) in [6, 6.07) is 22.6. The molecule has 0 heterocycles. The van der Waals surface area contributed by atoms with E-state index in [-0.39, 0.29) is 22.8 Å². The van der Waals surface area contributed by atoms with Crippen LogP contribution >= 0.6 is 12.2 Å². The van der Waals surface area contributed by atoms with Gasteiger partial charge in [-0.05, 0) is 73.4 Å². The highest BCUT2D eigenvalue weighted by Gasteiger charge is 2.29. The summed E-state index contributed by atoms with van der Waals surface area (Å²) in [6.07, 6.45) is 2.67. The summed E-state index contributed by atoms with van der Waals surface area (Å²) in [4.78, 5) is 24.8. The summed E-state index contributed by atoms with van der Waals surface area (Å²) in [5.74, 6) is 0.453. The van der Waals surface area contributed by atoms with E-state index >= 15 is 0 Å². The van der Waals surface area contributed by atoms with E-state index in [2.05, 4.69) is 28.1 Å². The fourth-order valence-corrected chi connectivity index (χ4v) is 3.62. The van der Waals surface area contributed by atoms with Gasteiger partial charge in [-0.3, -0.25) is 14.9 Å². The number of benzene rings is 3. The van der Waals surface area contributed by atoms with E-state index in [0.717, 1.165) is 30.5 Å². The smallest absolute Gasteiger partial charge is 0.257 e. The maximum absolute atomic E-state index is 12.7. The van der Waals surface area contributed by atoms with Gasteiger partial charge in [0.15, 0.2) is 5.11 Å². The number of carbonyl (C=O) groups excluding carboxylic acids is 2. The molecule has 0 aliphatic heterocycles. The van der Waals surface area contributed by atoms with Gasteiger partial charge in [-0.15, -0.1) is 0 Å². The predicted molar refractivity (Wildman–Crippen MR) is 138 cm³/mol. The zero-order valence-electron chi connectivity index (χ0n) is 19.0. The zero-order chi connectivity index (χ0) is 23.9. The molecule has 174 valence electrons. The second kappa shape index (κ2) is 10.9. The SMILES string of the molecule is Cc1ccc(NC(=S)NC(=O)c2cccc(OCCc3ccccc3)c2)cc1NC(=O)C1CC1. The number of nitrogens with one attached hydrogen (secondary N) is 3. The molecule has 0 aromatic heterocycles. The summed E-state index contributed by atoms with van der Waals surface area (Å²) in [5.41, 5.74) is 4.01. The van der Waals surface area contributed by atoms with E-state index in [9.17, 15) is 9.59 Å². The molecule has 3 aromatic rings. The average molecular weight is 474 g/mol. The van der Waals surface area contributed by atoms with Gasteiger partial charge in [-0.25, -0.2) is 0 Å². The molecule has 6 nitrogen and oxygen atoms in total. The van der Waals surface area contributed by atoms with Crippen LogP contribution < -0.4 is 20.7 Å². The maximum atomic E-state index is 12.7. The maximum Gasteiger partial charge on any atom is 0.257 e. The van der Waals surface area contributed by atoms with Gasteiger partial charge < -0.3 is 15.4 Å². The first kappa shape index (κ1) is 23.4. The van der Waals surface area contributed by atoms with Crippen LogP contribution in [0, 0.1) is 12.8 Å². The summed E-state index contributed by atoms with van der Waals surface area (Å²) < 4.78 is 5.82. The zero-order valence-corrected chi connectivity index (χ0v) is 19.8. The summed E-state index contributed by atoms with van der Waals surface area (Å²) >= 11 is 5.32. The Hall–Kier alpha value is -3.71. The highest BCUT2D eigenvalue weighted by molar-refractivity contribution is 7.80. The van der Waals surface area contributed by atoms with Crippen LogP contribution in [0.3, 0.4) is 0 Å². The van der Waals surface area contributed by atoms with Crippen molar-refractivity contribution in [3.8, 4) is 5.75 Å². The van der Waals surface area contributed by atoms with Gasteiger partial charge in [-0.1, -0.05) is 42.5 Å². The summed E-state index contributed by atoms with van der Waals surface area (Å²) in [5, 5.41) is 8.84. The lowest BCUT2D eigenvalue weighted by molar-refractivity contribution is -0.117.